The first-order valence-electron chi connectivity index (χ1n) is 7.77. The van der Waals surface area contributed by atoms with Gasteiger partial charge in [0.2, 0.25) is 0 Å². The molecule has 4 heteroatoms. The molecule has 0 aliphatic heterocycles. The van der Waals surface area contributed by atoms with Gasteiger partial charge in [0.15, 0.2) is 0 Å². The topological polar surface area (TPSA) is 31.4 Å². The minimum Gasteiger partial charge on any atom is -0.380 e. The van der Waals surface area contributed by atoms with E-state index in [-0.39, 0.29) is 6.10 Å². The third-order valence-corrected chi connectivity index (χ3v) is 3.73. The Labute approximate surface area is 133 Å². The summed E-state index contributed by atoms with van der Waals surface area (Å²) in [6, 6.07) is 6.00. The monoisotopic (exact) mass is 311 g/mol. The van der Waals surface area contributed by atoms with E-state index in [0.29, 0.717) is 11.8 Å². The van der Waals surface area contributed by atoms with Crippen molar-refractivity contribution in [3.63, 3.8) is 0 Å². The Balaban J connectivity index is 2.32. The number of thioether (sulfide) groups is 1. The summed E-state index contributed by atoms with van der Waals surface area (Å²) in [7, 11) is 0. The Morgan fingerprint density at radius 3 is 2.48 bits per heavy atom. The second kappa shape index (κ2) is 11.0. The SMILES string of the molecule is CC(C)COCCSCC(OCC(C)C)c1ccccn1. The Hall–Kier alpha value is -0.580. The molecule has 1 aromatic rings. The Bertz CT molecular complexity index is 357. The minimum atomic E-state index is 0.0729. The molecule has 0 spiro atoms. The van der Waals surface area contributed by atoms with Crippen molar-refractivity contribution < 1.29 is 9.47 Å². The van der Waals surface area contributed by atoms with Gasteiger partial charge in [-0.1, -0.05) is 33.8 Å². The van der Waals surface area contributed by atoms with Crippen molar-refractivity contribution in [2.75, 3.05) is 31.3 Å². The van der Waals surface area contributed by atoms with Crippen LogP contribution < -0.4 is 0 Å². The summed E-state index contributed by atoms with van der Waals surface area (Å²) in [5, 5.41) is 0. The summed E-state index contributed by atoms with van der Waals surface area (Å²) in [4.78, 5) is 4.43. The van der Waals surface area contributed by atoms with Crippen LogP contribution >= 0.6 is 11.8 Å². The largest absolute Gasteiger partial charge is 0.380 e. The second-order valence-electron chi connectivity index (χ2n) is 6.01. The van der Waals surface area contributed by atoms with Gasteiger partial charge in [0.1, 0.15) is 6.10 Å². The van der Waals surface area contributed by atoms with Gasteiger partial charge in [-0.3, -0.25) is 4.98 Å². The lowest BCUT2D eigenvalue weighted by atomic mass is 10.2. The van der Waals surface area contributed by atoms with Gasteiger partial charge in [-0.2, -0.15) is 11.8 Å². The van der Waals surface area contributed by atoms with Crippen molar-refractivity contribution in [1.82, 2.24) is 4.98 Å². The fourth-order valence-electron chi connectivity index (χ4n) is 1.72. The smallest absolute Gasteiger partial charge is 0.108 e. The van der Waals surface area contributed by atoms with Gasteiger partial charge in [-0.25, -0.2) is 0 Å². The third kappa shape index (κ3) is 9.12. The molecule has 0 fully saturated rings. The number of rotatable bonds is 11. The molecule has 0 N–H and O–H groups in total. The number of ether oxygens (including phenoxy) is 2. The lowest BCUT2D eigenvalue weighted by Gasteiger charge is -2.18. The standard InChI is InChI=1S/C17H29NO2S/c1-14(2)11-19-9-10-21-13-17(20-12-15(3)4)16-7-5-6-8-18-16/h5-8,14-15,17H,9-13H2,1-4H3. The summed E-state index contributed by atoms with van der Waals surface area (Å²) >= 11 is 1.87. The Morgan fingerprint density at radius 1 is 1.10 bits per heavy atom. The highest BCUT2D eigenvalue weighted by atomic mass is 32.2. The van der Waals surface area contributed by atoms with E-state index in [9.17, 15) is 0 Å². The van der Waals surface area contributed by atoms with Crippen LogP contribution in [0.15, 0.2) is 24.4 Å². The summed E-state index contributed by atoms with van der Waals surface area (Å²) in [5.41, 5.74) is 1.02. The predicted octanol–water partition coefficient (Wildman–Crippen LogP) is 4.20. The summed E-state index contributed by atoms with van der Waals surface area (Å²) in [5.74, 6) is 3.07. The van der Waals surface area contributed by atoms with Crippen LogP contribution in [0, 0.1) is 11.8 Å². The van der Waals surface area contributed by atoms with Crippen LogP contribution in [0.3, 0.4) is 0 Å². The molecule has 1 aromatic heterocycles. The van der Waals surface area contributed by atoms with Crippen molar-refractivity contribution in [2.24, 2.45) is 11.8 Å². The summed E-state index contributed by atoms with van der Waals surface area (Å²) in [6.45, 7) is 11.1. The van der Waals surface area contributed by atoms with Crippen LogP contribution in [0.4, 0.5) is 0 Å². The summed E-state index contributed by atoms with van der Waals surface area (Å²) in [6.07, 6.45) is 1.90. The van der Waals surface area contributed by atoms with E-state index >= 15 is 0 Å². The molecule has 120 valence electrons. The van der Waals surface area contributed by atoms with Crippen LogP contribution in [0.5, 0.6) is 0 Å². The molecule has 0 saturated heterocycles. The molecule has 1 heterocycles. The molecule has 0 saturated carbocycles. The first kappa shape index (κ1) is 18.5. The Kier molecular flexibility index (Phi) is 9.72. The molecule has 1 atom stereocenters. The normalized spacial score (nSPS) is 13.0. The highest BCUT2D eigenvalue weighted by molar-refractivity contribution is 7.99. The van der Waals surface area contributed by atoms with Gasteiger partial charge in [-0.05, 0) is 24.0 Å². The maximum Gasteiger partial charge on any atom is 0.108 e. The minimum absolute atomic E-state index is 0.0729. The average molecular weight is 311 g/mol. The van der Waals surface area contributed by atoms with E-state index < -0.39 is 0 Å². The molecule has 3 nitrogen and oxygen atoms in total. The van der Waals surface area contributed by atoms with E-state index in [1.807, 2.05) is 36.2 Å². The molecule has 0 aromatic carbocycles. The van der Waals surface area contributed by atoms with Crippen LogP contribution in [0.25, 0.3) is 0 Å². The van der Waals surface area contributed by atoms with Crippen molar-refractivity contribution in [1.29, 1.82) is 0 Å². The molecule has 0 bridgehead atoms. The van der Waals surface area contributed by atoms with Crippen LogP contribution in [0.2, 0.25) is 0 Å². The quantitative estimate of drug-likeness (QED) is 0.573. The van der Waals surface area contributed by atoms with Crippen molar-refractivity contribution in [3.8, 4) is 0 Å². The predicted molar refractivity (Wildman–Crippen MR) is 90.8 cm³/mol. The lowest BCUT2D eigenvalue weighted by Crippen LogP contribution is -2.13. The molecule has 1 rings (SSSR count). The zero-order valence-electron chi connectivity index (χ0n) is 13.7. The van der Waals surface area contributed by atoms with Gasteiger partial charge in [0.05, 0.1) is 12.3 Å². The number of pyridine rings is 1. The fraction of sp³-hybridized carbons (Fsp3) is 0.706. The van der Waals surface area contributed by atoms with Gasteiger partial charge in [0.25, 0.3) is 0 Å². The average Bonchev–Trinajstić information content (AvgIpc) is 2.46. The van der Waals surface area contributed by atoms with Crippen LogP contribution in [-0.4, -0.2) is 36.3 Å². The third-order valence-electron chi connectivity index (χ3n) is 2.74. The zero-order valence-corrected chi connectivity index (χ0v) is 14.6. The van der Waals surface area contributed by atoms with E-state index in [1.54, 1.807) is 0 Å². The van der Waals surface area contributed by atoms with E-state index in [0.717, 1.165) is 37.0 Å². The maximum atomic E-state index is 6.01. The number of aromatic nitrogens is 1. The van der Waals surface area contributed by atoms with Crippen LogP contribution in [-0.2, 0) is 9.47 Å². The molecule has 0 aliphatic rings. The van der Waals surface area contributed by atoms with E-state index in [4.69, 9.17) is 9.47 Å². The van der Waals surface area contributed by atoms with Crippen molar-refractivity contribution in [2.45, 2.75) is 33.8 Å². The molecule has 21 heavy (non-hydrogen) atoms. The maximum absolute atomic E-state index is 6.01. The molecule has 0 amide bonds. The van der Waals surface area contributed by atoms with Gasteiger partial charge < -0.3 is 9.47 Å². The molecular weight excluding hydrogens is 282 g/mol. The lowest BCUT2D eigenvalue weighted by molar-refractivity contribution is 0.0473. The van der Waals surface area contributed by atoms with Gasteiger partial charge in [-0.15, -0.1) is 0 Å². The fourth-order valence-corrected chi connectivity index (χ4v) is 2.60. The first-order valence-corrected chi connectivity index (χ1v) is 8.93. The number of hydrogen-bond donors (Lipinski definition) is 0. The van der Waals surface area contributed by atoms with Crippen molar-refractivity contribution in [3.05, 3.63) is 30.1 Å². The summed E-state index contributed by atoms with van der Waals surface area (Å²) < 4.78 is 11.6. The first-order chi connectivity index (χ1) is 10.1. The highest BCUT2D eigenvalue weighted by Gasteiger charge is 2.14. The zero-order chi connectivity index (χ0) is 15.5. The molecule has 1 unspecified atom stereocenters. The molecule has 0 aliphatic carbocycles. The highest BCUT2D eigenvalue weighted by Crippen LogP contribution is 2.21. The molecule has 0 radical (unpaired) electrons. The second-order valence-corrected chi connectivity index (χ2v) is 7.16. The van der Waals surface area contributed by atoms with Gasteiger partial charge in [0, 0.05) is 30.9 Å². The van der Waals surface area contributed by atoms with E-state index in [1.165, 1.54) is 0 Å². The Morgan fingerprint density at radius 2 is 1.86 bits per heavy atom. The van der Waals surface area contributed by atoms with E-state index in [2.05, 4.69) is 32.7 Å². The van der Waals surface area contributed by atoms with Gasteiger partial charge >= 0.3 is 0 Å². The van der Waals surface area contributed by atoms with Crippen LogP contribution in [0.1, 0.15) is 39.5 Å². The number of hydrogen-bond acceptors (Lipinski definition) is 4. The molecular formula is C17H29NO2S. The van der Waals surface area contributed by atoms with Crippen molar-refractivity contribution >= 4 is 11.8 Å². The number of nitrogens with zero attached hydrogens (tertiary/aromatic N) is 1.